The highest BCUT2D eigenvalue weighted by atomic mass is 79.9. The first-order valence-corrected chi connectivity index (χ1v) is 19.7. The van der Waals surface area contributed by atoms with Gasteiger partial charge in [0.25, 0.3) is 11.8 Å². The van der Waals surface area contributed by atoms with E-state index in [0.717, 1.165) is 22.9 Å². The minimum atomic E-state index is -3.45. The molecule has 0 radical (unpaired) electrons. The monoisotopic (exact) mass is 722 g/mol. The lowest BCUT2D eigenvalue weighted by molar-refractivity contribution is -0.150. The normalized spacial score (nSPS) is 25.4. The van der Waals surface area contributed by atoms with Gasteiger partial charge < -0.3 is 34.8 Å². The molecule has 0 aliphatic carbocycles. The van der Waals surface area contributed by atoms with Gasteiger partial charge in [-0.05, 0) is 86.1 Å². The van der Waals surface area contributed by atoms with E-state index < -0.39 is 31.6 Å². The number of hydrogen-bond acceptors (Lipinski definition) is 6. The smallest absolute Gasteiger partial charge is 0.264 e. The van der Waals surface area contributed by atoms with Gasteiger partial charge in [-0.2, -0.15) is 0 Å². The number of benzene rings is 3. The number of rotatable bonds is 8. The van der Waals surface area contributed by atoms with E-state index in [1.165, 1.54) is 0 Å². The van der Waals surface area contributed by atoms with Gasteiger partial charge in [-0.15, -0.1) is 0 Å². The molecule has 2 saturated heterocycles. The maximum absolute atomic E-state index is 16.2. The van der Waals surface area contributed by atoms with Gasteiger partial charge in [-0.3, -0.25) is 14.4 Å². The molecule has 12 heteroatoms. The third-order valence-electron chi connectivity index (χ3n) is 9.93. The van der Waals surface area contributed by atoms with Crippen LogP contribution in [0.25, 0.3) is 0 Å². The van der Waals surface area contributed by atoms with Crippen molar-refractivity contribution in [3.05, 3.63) is 87.9 Å². The molecule has 0 saturated carbocycles. The predicted octanol–water partition coefficient (Wildman–Crippen LogP) is 5.98. The Kier molecular flexibility index (Phi) is 9.07. The van der Waals surface area contributed by atoms with E-state index in [9.17, 15) is 19.5 Å². The Labute approximate surface area is 283 Å². The van der Waals surface area contributed by atoms with E-state index in [0.29, 0.717) is 34.7 Å². The Balaban J connectivity index is 1.27. The minimum Gasteiger partial charge on any atom is -0.399 e. The lowest BCUT2D eigenvalue weighted by atomic mass is 9.82. The number of likely N-dealkylation sites (tertiary alicyclic amines) is 1. The zero-order valence-electron chi connectivity index (χ0n) is 26.7. The summed E-state index contributed by atoms with van der Waals surface area (Å²) in [5.74, 6) is -1.26. The number of amides is 3. The lowest BCUT2D eigenvalue weighted by Gasteiger charge is -2.31. The van der Waals surface area contributed by atoms with Crippen LogP contribution in [0.1, 0.15) is 47.7 Å². The second kappa shape index (κ2) is 12.8. The highest BCUT2D eigenvalue weighted by molar-refractivity contribution is 9.10. The fourth-order valence-corrected chi connectivity index (χ4v) is 10.6. The topological polar surface area (TPSA) is 125 Å². The lowest BCUT2D eigenvalue weighted by Crippen LogP contribution is -2.45. The third kappa shape index (κ3) is 6.12. The highest BCUT2D eigenvalue weighted by Crippen LogP contribution is 2.60. The molecule has 3 aromatic carbocycles. The molecule has 6 rings (SSSR count). The van der Waals surface area contributed by atoms with Gasteiger partial charge in [0.05, 0.1) is 37.4 Å². The van der Waals surface area contributed by atoms with Crippen LogP contribution in [0.15, 0.2) is 71.2 Å². The van der Waals surface area contributed by atoms with Crippen LogP contribution in [0.4, 0.5) is 21.2 Å². The number of anilines is 3. The zero-order chi connectivity index (χ0) is 33.7. The molecule has 3 amide bonds. The second-order valence-electron chi connectivity index (χ2n) is 13.4. The molecule has 0 aromatic heterocycles. The largest absolute Gasteiger partial charge is 0.399 e. The average Bonchev–Trinajstić information content (AvgIpc) is 3.69. The van der Waals surface area contributed by atoms with E-state index in [-0.39, 0.29) is 43.3 Å². The number of carbonyl (C=O) groups is 3. The quantitative estimate of drug-likeness (QED) is 0.149. The second-order valence-corrected chi connectivity index (χ2v) is 18.1. The summed E-state index contributed by atoms with van der Waals surface area (Å²) in [5, 5.41) is 12.7. The summed E-state index contributed by atoms with van der Waals surface area (Å²) in [6.45, 7) is 5.77. The van der Waals surface area contributed by atoms with Crippen molar-refractivity contribution in [3.8, 4) is 0 Å². The number of halogens is 2. The molecule has 47 heavy (non-hydrogen) atoms. The van der Waals surface area contributed by atoms with Crippen molar-refractivity contribution in [1.29, 1.82) is 0 Å². The molecular formula is C35H40BrFN4O5Si. The molecule has 0 bridgehead atoms. The first-order chi connectivity index (χ1) is 22.3. The predicted molar refractivity (Wildman–Crippen MR) is 185 cm³/mol. The fraction of sp³-hybridized carbons (Fsp3) is 0.400. The Morgan fingerprint density at radius 3 is 2.49 bits per heavy atom. The molecule has 5 atom stereocenters. The first-order valence-electron chi connectivity index (χ1n) is 16.0. The summed E-state index contributed by atoms with van der Waals surface area (Å²) >= 11 is 3.56. The summed E-state index contributed by atoms with van der Waals surface area (Å²) < 4.78 is 23.7. The van der Waals surface area contributed by atoms with Crippen LogP contribution in [-0.4, -0.2) is 61.4 Å². The zero-order valence-corrected chi connectivity index (χ0v) is 29.3. The van der Waals surface area contributed by atoms with Gasteiger partial charge in [0.1, 0.15) is 0 Å². The standard InChI is InChI=1S/C35H40BrFN4O5Si/c1-21-32(47(2,3)37)30(18-31(43)40-16-4-5-27(40)20-42)46-35(21)28-17-24(36)10-15-29(28)41(34(35)45)19-22-6-13-26(14-7-22)39-33(44)23-8-11-25(38)12-9-23/h6-15,17,21,27,30,32,42H,4-5,16,18-20,38H2,1-3H3,(H,39,44)/t21-,27+,30+,32-,35+/m1/s1. The van der Waals surface area contributed by atoms with Gasteiger partial charge in [-0.25, -0.2) is 0 Å². The van der Waals surface area contributed by atoms with Crippen molar-refractivity contribution < 1.29 is 28.3 Å². The molecule has 248 valence electrons. The number of nitrogen functional groups attached to an aromatic ring is 1. The van der Waals surface area contributed by atoms with E-state index in [1.54, 1.807) is 59.3 Å². The summed E-state index contributed by atoms with van der Waals surface area (Å²) in [5.41, 5.74) is 7.48. The van der Waals surface area contributed by atoms with E-state index in [1.807, 2.05) is 37.3 Å². The average molecular weight is 724 g/mol. The molecule has 4 N–H and O–H groups in total. The van der Waals surface area contributed by atoms with Gasteiger partial charge in [0, 0.05) is 45.0 Å². The number of ether oxygens (including phenoxy) is 1. The minimum absolute atomic E-state index is 0.0478. The number of nitrogens with one attached hydrogen (secondary N) is 1. The van der Waals surface area contributed by atoms with Gasteiger partial charge >= 0.3 is 0 Å². The van der Waals surface area contributed by atoms with E-state index >= 15 is 4.11 Å². The number of hydrogen-bond donors (Lipinski definition) is 3. The summed E-state index contributed by atoms with van der Waals surface area (Å²) in [4.78, 5) is 44.2. The molecule has 3 heterocycles. The SMILES string of the molecule is C[C@@H]1[C@@H]([Si](C)(C)F)[C@H](CC(=O)N2CCC[C@H]2CO)O[C@@]12C(=O)N(Cc1ccc(NC(=O)c3ccc(N)cc3)cc1)c1ccc(Br)cc12. The molecule has 3 aromatic rings. The summed E-state index contributed by atoms with van der Waals surface area (Å²) in [6.07, 6.45) is 0.698. The van der Waals surface area contributed by atoms with Crippen LogP contribution in [-0.2, 0) is 26.5 Å². The van der Waals surface area contributed by atoms with Gasteiger partial charge in [-0.1, -0.05) is 35.0 Å². The Morgan fingerprint density at radius 2 is 1.83 bits per heavy atom. The van der Waals surface area contributed by atoms with Gasteiger partial charge in [0.2, 0.25) is 14.3 Å². The van der Waals surface area contributed by atoms with Crippen LogP contribution in [0.5, 0.6) is 0 Å². The van der Waals surface area contributed by atoms with Crippen molar-refractivity contribution in [3.63, 3.8) is 0 Å². The Hall–Kier alpha value is -3.58. The van der Waals surface area contributed by atoms with Gasteiger partial charge in [0.15, 0.2) is 5.60 Å². The van der Waals surface area contributed by atoms with Crippen LogP contribution >= 0.6 is 15.9 Å². The summed E-state index contributed by atoms with van der Waals surface area (Å²) in [7, 11) is -3.45. The first kappa shape index (κ1) is 33.3. The number of aliphatic hydroxyl groups is 1. The molecule has 2 fully saturated rings. The number of nitrogens with two attached hydrogens (primary N) is 1. The van der Waals surface area contributed by atoms with Crippen LogP contribution in [0, 0.1) is 5.92 Å². The van der Waals surface area contributed by atoms with Crippen molar-refractivity contribution in [2.24, 2.45) is 5.92 Å². The molecule has 3 aliphatic heterocycles. The number of fused-ring (bicyclic) bond motifs is 2. The van der Waals surface area contributed by atoms with Crippen molar-refractivity contribution in [1.82, 2.24) is 4.90 Å². The Morgan fingerprint density at radius 1 is 1.13 bits per heavy atom. The van der Waals surface area contributed by atoms with Crippen LogP contribution in [0.2, 0.25) is 18.6 Å². The number of carbonyl (C=O) groups excluding carboxylic acids is 3. The Bertz CT molecular complexity index is 1680. The fourth-order valence-electron chi connectivity index (χ4n) is 7.73. The van der Waals surface area contributed by atoms with Crippen molar-refractivity contribution in [2.45, 2.75) is 69.1 Å². The maximum Gasteiger partial charge on any atom is 0.264 e. The van der Waals surface area contributed by atoms with Crippen LogP contribution in [0.3, 0.4) is 0 Å². The van der Waals surface area contributed by atoms with E-state index in [4.69, 9.17) is 10.5 Å². The molecule has 9 nitrogen and oxygen atoms in total. The number of nitrogens with zero attached hydrogens (tertiary/aromatic N) is 2. The highest BCUT2D eigenvalue weighted by Gasteiger charge is 2.67. The number of aliphatic hydroxyl groups excluding tert-OH is 1. The third-order valence-corrected chi connectivity index (χ3v) is 12.9. The maximum atomic E-state index is 16.2. The van der Waals surface area contributed by atoms with Crippen LogP contribution < -0.4 is 16.0 Å². The van der Waals surface area contributed by atoms with Crippen molar-refractivity contribution >= 4 is 59.1 Å². The molecule has 1 spiro atoms. The molecule has 3 aliphatic rings. The summed E-state index contributed by atoms with van der Waals surface area (Å²) in [6, 6.07) is 19.3. The molecular weight excluding hydrogens is 683 g/mol. The molecule has 0 unspecified atom stereocenters. The van der Waals surface area contributed by atoms with Crippen molar-refractivity contribution in [2.75, 3.05) is 29.1 Å². The van der Waals surface area contributed by atoms with E-state index in [2.05, 4.69) is 21.2 Å².